The lowest BCUT2D eigenvalue weighted by Gasteiger charge is -2.08. The summed E-state index contributed by atoms with van der Waals surface area (Å²) in [5, 5.41) is 0. The van der Waals surface area contributed by atoms with Crippen LogP contribution in [0.5, 0.6) is 0 Å². The van der Waals surface area contributed by atoms with Crippen LogP contribution in [0.3, 0.4) is 0 Å². The molecule has 1 aromatic carbocycles. The number of amidine groups is 1. The standard InChI is InChI=1S/C12H14FN3O2/c1-18-12(17)10-6-7-11(14-10)16-15-9-4-2-8(13)3-5-9/h2-5,10,15H,6-7H2,1H3,(H,14,16). The number of halogens is 1. The Balaban J connectivity index is 1.88. The largest absolute Gasteiger partial charge is 0.467 e. The monoisotopic (exact) mass is 251 g/mol. The summed E-state index contributed by atoms with van der Waals surface area (Å²) in [4.78, 5) is 15.4. The minimum atomic E-state index is -0.424. The summed E-state index contributed by atoms with van der Waals surface area (Å²) in [7, 11) is 1.35. The molecule has 1 aliphatic heterocycles. The SMILES string of the molecule is COC(=O)C1CCC(NNc2ccc(F)cc2)=N1. The van der Waals surface area contributed by atoms with Crippen LogP contribution in [0, 0.1) is 5.82 Å². The zero-order chi connectivity index (χ0) is 13.0. The maximum atomic E-state index is 12.7. The number of nitrogens with zero attached hydrogens (tertiary/aromatic N) is 1. The Bertz CT molecular complexity index is 459. The van der Waals surface area contributed by atoms with Gasteiger partial charge in [-0.25, -0.2) is 9.18 Å². The fourth-order valence-electron chi connectivity index (χ4n) is 1.67. The molecule has 2 rings (SSSR count). The van der Waals surface area contributed by atoms with E-state index < -0.39 is 6.04 Å². The molecule has 18 heavy (non-hydrogen) atoms. The normalized spacial score (nSPS) is 18.1. The van der Waals surface area contributed by atoms with Crippen molar-refractivity contribution in [2.75, 3.05) is 12.5 Å². The van der Waals surface area contributed by atoms with Gasteiger partial charge in [-0.15, -0.1) is 0 Å². The highest BCUT2D eigenvalue weighted by atomic mass is 19.1. The Morgan fingerprint density at radius 3 is 2.78 bits per heavy atom. The average Bonchev–Trinajstić information content (AvgIpc) is 2.86. The number of nitrogens with one attached hydrogen (secondary N) is 2. The van der Waals surface area contributed by atoms with Crippen LogP contribution in [0.2, 0.25) is 0 Å². The van der Waals surface area contributed by atoms with Crippen LogP contribution < -0.4 is 10.9 Å². The predicted octanol–water partition coefficient (Wildman–Crippen LogP) is 1.48. The summed E-state index contributed by atoms with van der Waals surface area (Å²) in [6, 6.07) is 5.51. The Morgan fingerprint density at radius 1 is 1.39 bits per heavy atom. The van der Waals surface area contributed by atoms with Crippen molar-refractivity contribution in [2.24, 2.45) is 4.99 Å². The van der Waals surface area contributed by atoms with E-state index in [0.29, 0.717) is 18.7 Å². The van der Waals surface area contributed by atoms with Crippen LogP contribution in [0.25, 0.3) is 0 Å². The van der Waals surface area contributed by atoms with Crippen molar-refractivity contribution in [1.29, 1.82) is 0 Å². The fraction of sp³-hybridized carbons (Fsp3) is 0.333. The van der Waals surface area contributed by atoms with E-state index in [1.54, 1.807) is 12.1 Å². The van der Waals surface area contributed by atoms with E-state index in [0.717, 1.165) is 5.69 Å². The molecule has 5 nitrogen and oxygen atoms in total. The van der Waals surface area contributed by atoms with Gasteiger partial charge in [-0.3, -0.25) is 15.8 Å². The van der Waals surface area contributed by atoms with Crippen molar-refractivity contribution in [3.63, 3.8) is 0 Å². The maximum absolute atomic E-state index is 12.7. The van der Waals surface area contributed by atoms with E-state index in [1.165, 1.54) is 19.2 Å². The number of hydrogen-bond donors (Lipinski definition) is 2. The Labute approximate surface area is 104 Å². The van der Waals surface area contributed by atoms with Gasteiger partial charge >= 0.3 is 5.97 Å². The van der Waals surface area contributed by atoms with E-state index in [1.807, 2.05) is 0 Å². The van der Waals surface area contributed by atoms with Crippen molar-refractivity contribution in [1.82, 2.24) is 5.43 Å². The molecule has 1 aromatic rings. The molecule has 2 N–H and O–H groups in total. The van der Waals surface area contributed by atoms with Gasteiger partial charge in [0, 0.05) is 6.42 Å². The Kier molecular flexibility index (Phi) is 3.76. The average molecular weight is 251 g/mol. The molecule has 0 amide bonds. The number of hydrogen-bond acceptors (Lipinski definition) is 5. The summed E-state index contributed by atoms with van der Waals surface area (Å²) in [6.07, 6.45) is 1.31. The molecule has 0 spiro atoms. The number of benzene rings is 1. The van der Waals surface area contributed by atoms with Gasteiger partial charge in [-0.2, -0.15) is 0 Å². The quantitative estimate of drug-likeness (QED) is 0.631. The molecule has 0 fully saturated rings. The van der Waals surface area contributed by atoms with Crippen molar-refractivity contribution >= 4 is 17.5 Å². The summed E-state index contributed by atoms with van der Waals surface area (Å²) in [5.74, 6) is 0.0767. The van der Waals surface area contributed by atoms with Crippen LogP contribution in [0.4, 0.5) is 10.1 Å². The van der Waals surface area contributed by atoms with E-state index in [9.17, 15) is 9.18 Å². The van der Waals surface area contributed by atoms with Crippen LogP contribution >= 0.6 is 0 Å². The minimum Gasteiger partial charge on any atom is -0.467 e. The fourth-order valence-corrected chi connectivity index (χ4v) is 1.67. The highest BCUT2D eigenvalue weighted by Crippen LogP contribution is 2.13. The molecule has 1 heterocycles. The van der Waals surface area contributed by atoms with Gasteiger partial charge in [0.15, 0.2) is 0 Å². The van der Waals surface area contributed by atoms with Crippen molar-refractivity contribution in [3.8, 4) is 0 Å². The molecule has 1 atom stereocenters. The molecule has 6 heteroatoms. The second-order valence-electron chi connectivity index (χ2n) is 3.91. The van der Waals surface area contributed by atoms with Crippen LogP contribution in [-0.2, 0) is 9.53 Å². The van der Waals surface area contributed by atoms with Crippen LogP contribution in [0.1, 0.15) is 12.8 Å². The highest BCUT2D eigenvalue weighted by Gasteiger charge is 2.24. The predicted molar refractivity (Wildman–Crippen MR) is 65.6 cm³/mol. The molecule has 0 bridgehead atoms. The first-order valence-corrected chi connectivity index (χ1v) is 5.61. The number of carbonyl (C=O) groups excluding carboxylic acids is 1. The number of anilines is 1. The first-order chi connectivity index (χ1) is 8.69. The molecule has 96 valence electrons. The molecule has 0 saturated carbocycles. The summed E-state index contributed by atoms with van der Waals surface area (Å²) in [5.41, 5.74) is 6.51. The Morgan fingerprint density at radius 2 is 2.11 bits per heavy atom. The third-order valence-electron chi connectivity index (χ3n) is 2.63. The second-order valence-corrected chi connectivity index (χ2v) is 3.91. The molecule has 1 aliphatic rings. The third kappa shape index (κ3) is 2.97. The van der Waals surface area contributed by atoms with E-state index in [4.69, 9.17) is 0 Å². The van der Waals surface area contributed by atoms with Crippen molar-refractivity contribution < 1.29 is 13.9 Å². The number of carbonyl (C=O) groups is 1. The number of hydrazine groups is 1. The number of methoxy groups -OCH3 is 1. The highest BCUT2D eigenvalue weighted by molar-refractivity contribution is 5.90. The number of aliphatic imine (C=N–C) groups is 1. The van der Waals surface area contributed by atoms with E-state index in [-0.39, 0.29) is 11.8 Å². The first kappa shape index (κ1) is 12.3. The van der Waals surface area contributed by atoms with Crippen molar-refractivity contribution in [2.45, 2.75) is 18.9 Å². The van der Waals surface area contributed by atoms with Gasteiger partial charge in [0.1, 0.15) is 17.7 Å². The smallest absolute Gasteiger partial charge is 0.330 e. The third-order valence-corrected chi connectivity index (χ3v) is 2.63. The number of esters is 1. The molecule has 0 aliphatic carbocycles. The van der Waals surface area contributed by atoms with Gasteiger partial charge < -0.3 is 4.74 Å². The molecule has 0 saturated heterocycles. The van der Waals surface area contributed by atoms with Gasteiger partial charge in [0.05, 0.1) is 12.8 Å². The zero-order valence-electron chi connectivity index (χ0n) is 9.94. The molecule has 0 radical (unpaired) electrons. The topological polar surface area (TPSA) is 62.7 Å². The molecule has 1 unspecified atom stereocenters. The number of rotatable bonds is 3. The first-order valence-electron chi connectivity index (χ1n) is 5.61. The maximum Gasteiger partial charge on any atom is 0.330 e. The van der Waals surface area contributed by atoms with Crippen LogP contribution in [-0.4, -0.2) is 25.0 Å². The summed E-state index contributed by atoms with van der Waals surface area (Å²) < 4.78 is 17.3. The molecular formula is C12H14FN3O2. The lowest BCUT2D eigenvalue weighted by atomic mass is 10.2. The van der Waals surface area contributed by atoms with E-state index in [2.05, 4.69) is 20.6 Å². The molecular weight excluding hydrogens is 237 g/mol. The van der Waals surface area contributed by atoms with Gasteiger partial charge in [-0.05, 0) is 30.7 Å². The van der Waals surface area contributed by atoms with E-state index >= 15 is 0 Å². The van der Waals surface area contributed by atoms with Crippen molar-refractivity contribution in [3.05, 3.63) is 30.1 Å². The lowest BCUT2D eigenvalue weighted by molar-refractivity contribution is -0.141. The van der Waals surface area contributed by atoms with Gasteiger partial charge in [0.2, 0.25) is 0 Å². The number of ether oxygens (including phenoxy) is 1. The summed E-state index contributed by atoms with van der Waals surface area (Å²) >= 11 is 0. The second kappa shape index (κ2) is 5.48. The zero-order valence-corrected chi connectivity index (χ0v) is 9.94. The molecule has 0 aromatic heterocycles. The van der Waals surface area contributed by atoms with Crippen LogP contribution in [0.15, 0.2) is 29.3 Å². The summed E-state index contributed by atoms with van der Waals surface area (Å²) in [6.45, 7) is 0. The Hall–Kier alpha value is -2.11. The van der Waals surface area contributed by atoms with Gasteiger partial charge in [-0.1, -0.05) is 0 Å². The minimum absolute atomic E-state index is 0.287. The van der Waals surface area contributed by atoms with Gasteiger partial charge in [0.25, 0.3) is 0 Å². The lowest BCUT2D eigenvalue weighted by Crippen LogP contribution is -2.28.